The predicted molar refractivity (Wildman–Crippen MR) is 73.7 cm³/mol. The number of carbonyl (C=O) groups is 1. The van der Waals surface area contributed by atoms with Gasteiger partial charge >= 0.3 is 0 Å². The molecule has 0 aliphatic rings. The minimum atomic E-state index is -0.217. The number of imidazole rings is 1. The molecule has 0 atom stereocenters. The van der Waals surface area contributed by atoms with Gasteiger partial charge in [-0.15, -0.1) is 0 Å². The van der Waals surface area contributed by atoms with Crippen LogP contribution in [0.1, 0.15) is 6.92 Å². The van der Waals surface area contributed by atoms with Crippen LogP contribution in [-0.4, -0.2) is 28.7 Å². The van der Waals surface area contributed by atoms with Crippen LogP contribution in [-0.2, 0) is 9.53 Å². The fraction of sp³-hybridized carbons (Fsp3) is 0.231. The molecule has 0 saturated heterocycles. The summed E-state index contributed by atoms with van der Waals surface area (Å²) in [5, 5.41) is 3.31. The highest BCUT2D eigenvalue weighted by Gasteiger charge is 2.11. The molecule has 0 aliphatic carbocycles. The summed E-state index contributed by atoms with van der Waals surface area (Å²) in [5.41, 5.74) is 1.31. The smallest absolute Gasteiger partial charge is 0.250 e. The lowest BCUT2D eigenvalue weighted by molar-refractivity contribution is -0.120. The number of carbonyl (C=O) groups excluding carboxylic acids is 1. The Hall–Kier alpha value is -1.85. The summed E-state index contributed by atoms with van der Waals surface area (Å²) in [7, 11) is 0. The van der Waals surface area contributed by atoms with E-state index in [2.05, 4.69) is 10.3 Å². The van der Waals surface area contributed by atoms with Crippen LogP contribution >= 0.6 is 11.6 Å². The zero-order valence-corrected chi connectivity index (χ0v) is 11.2. The Morgan fingerprint density at radius 2 is 2.37 bits per heavy atom. The van der Waals surface area contributed by atoms with Crippen molar-refractivity contribution >= 4 is 23.2 Å². The molecule has 0 saturated carbocycles. The van der Waals surface area contributed by atoms with Gasteiger partial charge in [0.1, 0.15) is 6.61 Å². The molecule has 2 rings (SSSR count). The largest absolute Gasteiger partial charge is 0.372 e. The van der Waals surface area contributed by atoms with Crippen LogP contribution in [0.5, 0.6) is 0 Å². The SMILES string of the molecule is CCOCC(=O)Nc1cccc(Cl)c1-n1ccnc1. The Balaban J connectivity index is 2.26. The van der Waals surface area contributed by atoms with E-state index in [1.807, 2.05) is 6.92 Å². The van der Waals surface area contributed by atoms with E-state index in [0.717, 1.165) is 0 Å². The van der Waals surface area contributed by atoms with Crippen molar-refractivity contribution in [3.05, 3.63) is 41.9 Å². The predicted octanol–water partition coefficient (Wildman–Crippen LogP) is 2.50. The quantitative estimate of drug-likeness (QED) is 0.915. The van der Waals surface area contributed by atoms with Crippen molar-refractivity contribution in [1.82, 2.24) is 9.55 Å². The Morgan fingerprint density at radius 3 is 3.05 bits per heavy atom. The highest BCUT2D eigenvalue weighted by molar-refractivity contribution is 6.33. The van der Waals surface area contributed by atoms with E-state index in [4.69, 9.17) is 16.3 Å². The number of aromatic nitrogens is 2. The third kappa shape index (κ3) is 3.33. The van der Waals surface area contributed by atoms with Crippen molar-refractivity contribution in [2.24, 2.45) is 0 Å². The van der Waals surface area contributed by atoms with E-state index >= 15 is 0 Å². The molecule has 0 fully saturated rings. The first-order valence-corrected chi connectivity index (χ1v) is 6.24. The normalized spacial score (nSPS) is 10.4. The number of hydrogen-bond donors (Lipinski definition) is 1. The first-order valence-electron chi connectivity index (χ1n) is 5.86. The van der Waals surface area contributed by atoms with Crippen molar-refractivity contribution in [1.29, 1.82) is 0 Å². The molecule has 6 heteroatoms. The number of nitrogens with one attached hydrogen (secondary N) is 1. The van der Waals surface area contributed by atoms with E-state index in [-0.39, 0.29) is 12.5 Å². The second-order valence-corrected chi connectivity index (χ2v) is 4.20. The molecule has 0 bridgehead atoms. The number of para-hydroxylation sites is 1. The summed E-state index contributed by atoms with van der Waals surface area (Å²) in [6.07, 6.45) is 5.04. The van der Waals surface area contributed by atoms with Gasteiger partial charge in [0.25, 0.3) is 0 Å². The third-order valence-corrected chi connectivity index (χ3v) is 2.77. The minimum absolute atomic E-state index is 0.0202. The fourth-order valence-corrected chi connectivity index (χ4v) is 1.92. The molecule has 19 heavy (non-hydrogen) atoms. The van der Waals surface area contributed by atoms with Crippen LogP contribution in [0.15, 0.2) is 36.9 Å². The summed E-state index contributed by atoms with van der Waals surface area (Å²) in [6, 6.07) is 5.32. The number of benzene rings is 1. The van der Waals surface area contributed by atoms with Crippen LogP contribution in [0.25, 0.3) is 5.69 Å². The number of rotatable bonds is 5. The molecular formula is C13H14ClN3O2. The molecule has 0 spiro atoms. The van der Waals surface area contributed by atoms with E-state index in [1.165, 1.54) is 0 Å². The van der Waals surface area contributed by atoms with Crippen LogP contribution < -0.4 is 5.32 Å². The first-order chi connectivity index (χ1) is 9.22. The maximum absolute atomic E-state index is 11.7. The molecule has 0 aliphatic heterocycles. The molecule has 1 amide bonds. The van der Waals surface area contributed by atoms with Crippen molar-refractivity contribution in [3.63, 3.8) is 0 Å². The number of halogens is 1. The number of hydrogen-bond acceptors (Lipinski definition) is 3. The maximum atomic E-state index is 11.7. The summed E-state index contributed by atoms with van der Waals surface area (Å²) < 4.78 is 6.81. The van der Waals surface area contributed by atoms with Gasteiger partial charge in [0.2, 0.25) is 5.91 Å². The summed E-state index contributed by atoms with van der Waals surface area (Å²) in [5.74, 6) is -0.217. The molecule has 100 valence electrons. The third-order valence-electron chi connectivity index (χ3n) is 2.46. The molecule has 5 nitrogen and oxygen atoms in total. The zero-order chi connectivity index (χ0) is 13.7. The van der Waals surface area contributed by atoms with Crippen molar-refractivity contribution < 1.29 is 9.53 Å². The van der Waals surface area contributed by atoms with Gasteiger partial charge in [-0.1, -0.05) is 17.7 Å². The summed E-state index contributed by atoms with van der Waals surface area (Å²) in [4.78, 5) is 15.7. The molecule has 1 heterocycles. The minimum Gasteiger partial charge on any atom is -0.372 e. The van der Waals surface area contributed by atoms with Gasteiger partial charge in [0.15, 0.2) is 0 Å². The van der Waals surface area contributed by atoms with Crippen LogP contribution in [0.2, 0.25) is 5.02 Å². The standard InChI is InChI=1S/C13H14ClN3O2/c1-2-19-8-12(18)16-11-5-3-4-10(14)13(11)17-7-6-15-9-17/h3-7,9H,2,8H2,1H3,(H,16,18). The van der Waals surface area contributed by atoms with E-state index in [9.17, 15) is 4.79 Å². The Morgan fingerprint density at radius 1 is 1.53 bits per heavy atom. The van der Waals surface area contributed by atoms with Crippen molar-refractivity contribution in [3.8, 4) is 5.69 Å². The number of anilines is 1. The summed E-state index contributed by atoms with van der Waals surface area (Å²) >= 11 is 6.18. The first kappa shape index (κ1) is 13.6. The van der Waals surface area contributed by atoms with Crippen LogP contribution in [0.3, 0.4) is 0 Å². The van der Waals surface area contributed by atoms with Gasteiger partial charge in [0.05, 0.1) is 22.7 Å². The second kappa shape index (κ2) is 6.36. The Bertz CT molecular complexity index is 555. The lowest BCUT2D eigenvalue weighted by Gasteiger charge is -2.13. The zero-order valence-electron chi connectivity index (χ0n) is 10.5. The highest BCUT2D eigenvalue weighted by atomic mass is 35.5. The average Bonchev–Trinajstić information content (AvgIpc) is 2.90. The van der Waals surface area contributed by atoms with E-state index in [0.29, 0.717) is 23.0 Å². The number of ether oxygens (including phenoxy) is 1. The van der Waals surface area contributed by atoms with E-state index in [1.54, 1.807) is 41.5 Å². The second-order valence-electron chi connectivity index (χ2n) is 3.79. The van der Waals surface area contributed by atoms with Crippen LogP contribution in [0.4, 0.5) is 5.69 Å². The number of amides is 1. The van der Waals surface area contributed by atoms with Crippen molar-refractivity contribution in [2.45, 2.75) is 6.92 Å². The molecule has 1 N–H and O–H groups in total. The van der Waals surface area contributed by atoms with Gasteiger partial charge in [-0.25, -0.2) is 4.98 Å². The lowest BCUT2D eigenvalue weighted by atomic mass is 10.2. The van der Waals surface area contributed by atoms with Gasteiger partial charge in [0, 0.05) is 19.0 Å². The average molecular weight is 280 g/mol. The Kier molecular flexibility index (Phi) is 4.54. The molecule has 1 aromatic heterocycles. The Labute approximate surface area is 116 Å². The van der Waals surface area contributed by atoms with Crippen LogP contribution in [0, 0.1) is 0 Å². The topological polar surface area (TPSA) is 56.1 Å². The molecule has 2 aromatic rings. The summed E-state index contributed by atoms with van der Waals surface area (Å²) in [6.45, 7) is 2.35. The highest BCUT2D eigenvalue weighted by Crippen LogP contribution is 2.28. The van der Waals surface area contributed by atoms with Gasteiger partial charge in [-0.3, -0.25) is 4.79 Å². The maximum Gasteiger partial charge on any atom is 0.250 e. The van der Waals surface area contributed by atoms with Gasteiger partial charge in [-0.2, -0.15) is 0 Å². The molecular weight excluding hydrogens is 266 g/mol. The van der Waals surface area contributed by atoms with Gasteiger partial charge < -0.3 is 14.6 Å². The fourth-order valence-electron chi connectivity index (χ4n) is 1.65. The van der Waals surface area contributed by atoms with E-state index < -0.39 is 0 Å². The van der Waals surface area contributed by atoms with Gasteiger partial charge in [-0.05, 0) is 19.1 Å². The number of nitrogens with zero attached hydrogens (tertiary/aromatic N) is 2. The van der Waals surface area contributed by atoms with Crippen molar-refractivity contribution in [2.75, 3.05) is 18.5 Å². The molecule has 1 aromatic carbocycles. The molecule has 0 unspecified atom stereocenters. The molecule has 0 radical (unpaired) electrons. The lowest BCUT2D eigenvalue weighted by Crippen LogP contribution is -2.19. The monoisotopic (exact) mass is 279 g/mol.